The van der Waals surface area contributed by atoms with Gasteiger partial charge < -0.3 is 14.6 Å². The summed E-state index contributed by atoms with van der Waals surface area (Å²) in [5, 5.41) is 10.8. The Labute approximate surface area is 201 Å². The van der Waals surface area contributed by atoms with Crippen LogP contribution in [-0.2, 0) is 14.3 Å². The molecule has 34 heavy (non-hydrogen) atoms. The summed E-state index contributed by atoms with van der Waals surface area (Å²) in [5.74, 6) is -0.788. The molecular formula is C29H34O5. The Bertz CT molecular complexity index is 1010. The van der Waals surface area contributed by atoms with Crippen molar-refractivity contribution in [1.82, 2.24) is 0 Å². The monoisotopic (exact) mass is 462 g/mol. The van der Waals surface area contributed by atoms with Crippen LogP contribution in [0.1, 0.15) is 62.7 Å². The lowest BCUT2D eigenvalue weighted by molar-refractivity contribution is -0.141. The van der Waals surface area contributed by atoms with Crippen molar-refractivity contribution < 1.29 is 24.2 Å². The average molecular weight is 463 g/mol. The fraction of sp³-hybridized carbons (Fsp3) is 0.448. The van der Waals surface area contributed by atoms with Crippen LogP contribution in [0.15, 0.2) is 66.7 Å². The smallest absolute Gasteiger partial charge is 0.338 e. The maximum absolute atomic E-state index is 13.0. The molecule has 0 aromatic heterocycles. The van der Waals surface area contributed by atoms with Crippen LogP contribution >= 0.6 is 0 Å². The molecule has 5 nitrogen and oxygen atoms in total. The quantitative estimate of drug-likeness (QED) is 0.293. The normalized spacial score (nSPS) is 25.7. The molecule has 0 unspecified atom stereocenters. The first kappa shape index (κ1) is 24.2. The first-order valence-corrected chi connectivity index (χ1v) is 12.3. The lowest BCUT2D eigenvalue weighted by atomic mass is 9.89. The summed E-state index contributed by atoms with van der Waals surface area (Å²) in [6.07, 6.45) is 7.70. The van der Waals surface area contributed by atoms with Crippen LogP contribution in [0.25, 0.3) is 11.1 Å². The lowest BCUT2D eigenvalue weighted by Gasteiger charge is -2.23. The highest BCUT2D eigenvalue weighted by atomic mass is 16.6. The second-order valence-corrected chi connectivity index (χ2v) is 9.77. The summed E-state index contributed by atoms with van der Waals surface area (Å²) in [5.41, 5.74) is 1.68. The second kappa shape index (κ2) is 10.6. The molecular weight excluding hydrogens is 428 g/mol. The van der Waals surface area contributed by atoms with Crippen molar-refractivity contribution in [2.75, 3.05) is 0 Å². The minimum absolute atomic E-state index is 0.0338. The zero-order valence-electron chi connectivity index (χ0n) is 20.0. The Kier molecular flexibility index (Phi) is 7.52. The van der Waals surface area contributed by atoms with Gasteiger partial charge in [-0.15, -0.1) is 0 Å². The van der Waals surface area contributed by atoms with Crippen LogP contribution in [0.2, 0.25) is 0 Å². The second-order valence-electron chi connectivity index (χ2n) is 9.77. The number of ether oxygens (including phenoxy) is 2. The maximum atomic E-state index is 13.0. The van der Waals surface area contributed by atoms with Crippen LogP contribution in [0.3, 0.4) is 0 Å². The summed E-state index contributed by atoms with van der Waals surface area (Å²) >= 11 is 0. The van der Waals surface area contributed by atoms with Crippen LogP contribution in [0, 0.1) is 11.8 Å². The van der Waals surface area contributed by atoms with Gasteiger partial charge in [0.05, 0.1) is 17.6 Å². The van der Waals surface area contributed by atoms with E-state index < -0.39 is 11.7 Å². The Morgan fingerprint density at radius 3 is 2.53 bits per heavy atom. The molecule has 0 spiro atoms. The van der Waals surface area contributed by atoms with Crippen molar-refractivity contribution in [3.8, 4) is 11.1 Å². The van der Waals surface area contributed by atoms with Crippen LogP contribution in [0.4, 0.5) is 0 Å². The number of aliphatic hydroxyl groups is 1. The van der Waals surface area contributed by atoms with Gasteiger partial charge in [0, 0.05) is 18.3 Å². The van der Waals surface area contributed by atoms with Gasteiger partial charge in [-0.05, 0) is 36.6 Å². The Hall–Kier alpha value is -2.92. The third-order valence-corrected chi connectivity index (χ3v) is 7.00. The van der Waals surface area contributed by atoms with Gasteiger partial charge in [-0.3, -0.25) is 4.79 Å². The van der Waals surface area contributed by atoms with Gasteiger partial charge in [-0.1, -0.05) is 80.8 Å². The van der Waals surface area contributed by atoms with E-state index in [0.717, 1.165) is 30.4 Å². The molecule has 5 atom stereocenters. The van der Waals surface area contributed by atoms with E-state index >= 15 is 0 Å². The fourth-order valence-corrected chi connectivity index (χ4v) is 5.06. The number of hydrogen-bond acceptors (Lipinski definition) is 5. The standard InChI is InChI=1S/C29H34O5/c1-3-4-8-16-29(2,32)17-15-23-24-18-27(30)33-26(24)19-25(23)34-28(31)22-13-11-21(12-14-22)20-9-6-5-7-10-20/h5-7,9-15,17,23-26,32H,3-4,8,16,18-19H2,1-2H3/b17-15+/t23-,24-,25-,26+,29+/m1/s1. The van der Waals surface area contributed by atoms with Crippen molar-refractivity contribution in [3.63, 3.8) is 0 Å². The summed E-state index contributed by atoms with van der Waals surface area (Å²) in [6, 6.07) is 17.4. The highest BCUT2D eigenvalue weighted by Gasteiger charge is 2.50. The van der Waals surface area contributed by atoms with Gasteiger partial charge in [0.1, 0.15) is 12.2 Å². The number of benzene rings is 2. The van der Waals surface area contributed by atoms with Crippen LogP contribution in [-0.4, -0.2) is 34.9 Å². The molecule has 2 aliphatic rings. The Balaban J connectivity index is 1.45. The van der Waals surface area contributed by atoms with E-state index in [0.29, 0.717) is 24.8 Å². The number of carbonyl (C=O) groups excluding carboxylic acids is 2. The molecule has 0 amide bonds. The molecule has 0 bridgehead atoms. The van der Waals surface area contributed by atoms with Crippen molar-refractivity contribution >= 4 is 11.9 Å². The molecule has 1 saturated carbocycles. The first-order chi connectivity index (χ1) is 16.4. The molecule has 1 saturated heterocycles. The highest BCUT2D eigenvalue weighted by Crippen LogP contribution is 2.44. The van der Waals surface area contributed by atoms with Crippen molar-refractivity contribution in [1.29, 1.82) is 0 Å². The molecule has 1 heterocycles. The van der Waals surface area contributed by atoms with E-state index in [1.54, 1.807) is 19.1 Å². The minimum Gasteiger partial charge on any atom is -0.462 e. The van der Waals surface area contributed by atoms with E-state index in [2.05, 4.69) is 6.92 Å². The van der Waals surface area contributed by atoms with Crippen LogP contribution in [0.5, 0.6) is 0 Å². The van der Waals surface area contributed by atoms with E-state index in [9.17, 15) is 14.7 Å². The van der Waals surface area contributed by atoms with Crippen molar-refractivity contribution in [3.05, 3.63) is 72.3 Å². The van der Waals surface area contributed by atoms with E-state index in [4.69, 9.17) is 9.47 Å². The third-order valence-electron chi connectivity index (χ3n) is 7.00. The molecule has 0 radical (unpaired) electrons. The molecule has 2 fully saturated rings. The molecule has 180 valence electrons. The molecule has 1 aliphatic carbocycles. The number of esters is 2. The van der Waals surface area contributed by atoms with Gasteiger partial charge in [0.25, 0.3) is 0 Å². The van der Waals surface area contributed by atoms with Crippen LogP contribution < -0.4 is 0 Å². The number of rotatable bonds is 9. The predicted molar refractivity (Wildman–Crippen MR) is 131 cm³/mol. The SMILES string of the molecule is CCCCC[C@](C)(O)/C=C/[C@@H]1[C@H]2CC(=O)O[C@H]2C[C@H]1OC(=O)c1ccc(-c2ccccc2)cc1. The highest BCUT2D eigenvalue weighted by molar-refractivity contribution is 5.90. The minimum atomic E-state index is -0.932. The number of unbranched alkanes of at least 4 members (excludes halogenated alkanes) is 2. The molecule has 5 heteroatoms. The Morgan fingerprint density at radius 2 is 1.82 bits per heavy atom. The average Bonchev–Trinajstić information content (AvgIpc) is 3.33. The molecule has 1 N–H and O–H groups in total. The van der Waals surface area contributed by atoms with Crippen molar-refractivity contribution in [2.24, 2.45) is 11.8 Å². The van der Waals surface area contributed by atoms with Gasteiger partial charge in [-0.25, -0.2) is 4.79 Å². The zero-order chi connectivity index (χ0) is 24.1. The number of fused-ring (bicyclic) bond motifs is 1. The van der Waals surface area contributed by atoms with Crippen molar-refractivity contribution in [2.45, 2.75) is 70.2 Å². The fourth-order valence-electron chi connectivity index (χ4n) is 5.06. The number of carbonyl (C=O) groups is 2. The number of hydrogen-bond donors (Lipinski definition) is 1. The molecule has 4 rings (SSSR count). The first-order valence-electron chi connectivity index (χ1n) is 12.3. The molecule has 1 aliphatic heterocycles. The van der Waals surface area contributed by atoms with Gasteiger partial charge in [-0.2, -0.15) is 0 Å². The van der Waals surface area contributed by atoms with E-state index in [1.165, 1.54) is 0 Å². The van der Waals surface area contributed by atoms with E-state index in [-0.39, 0.29) is 29.9 Å². The van der Waals surface area contributed by atoms with Gasteiger partial charge in [0.2, 0.25) is 0 Å². The summed E-state index contributed by atoms with van der Waals surface area (Å²) in [6.45, 7) is 3.94. The zero-order valence-corrected chi connectivity index (χ0v) is 20.0. The van der Waals surface area contributed by atoms with Gasteiger partial charge in [0.15, 0.2) is 0 Å². The summed E-state index contributed by atoms with van der Waals surface area (Å²) in [7, 11) is 0. The van der Waals surface area contributed by atoms with Gasteiger partial charge >= 0.3 is 11.9 Å². The third kappa shape index (κ3) is 5.76. The largest absolute Gasteiger partial charge is 0.462 e. The predicted octanol–water partition coefficient (Wildman–Crippen LogP) is 5.72. The molecule has 2 aromatic carbocycles. The summed E-state index contributed by atoms with van der Waals surface area (Å²) < 4.78 is 11.4. The summed E-state index contributed by atoms with van der Waals surface area (Å²) in [4.78, 5) is 24.8. The van der Waals surface area contributed by atoms with E-state index in [1.807, 2.05) is 54.6 Å². The topological polar surface area (TPSA) is 72.8 Å². The Morgan fingerprint density at radius 1 is 1.12 bits per heavy atom. The lowest BCUT2D eigenvalue weighted by Crippen LogP contribution is -2.26. The maximum Gasteiger partial charge on any atom is 0.338 e. The molecule has 2 aromatic rings.